The molecule has 0 aromatic rings. The predicted octanol–water partition coefficient (Wildman–Crippen LogP) is 3.37. The normalized spacial score (nSPS) is 50.2. The molecule has 0 radical (unpaired) electrons. The van der Waals surface area contributed by atoms with Gasteiger partial charge in [-0.3, -0.25) is 0 Å². The van der Waals surface area contributed by atoms with Gasteiger partial charge in [0.25, 0.3) is 0 Å². The van der Waals surface area contributed by atoms with Crippen LogP contribution in [0.15, 0.2) is 11.6 Å². The van der Waals surface area contributed by atoms with Gasteiger partial charge in [0.05, 0.1) is 30.3 Å². The molecule has 5 rings (SSSR count). The molecule has 1 heterocycles. The maximum atomic E-state index is 12.7. The summed E-state index contributed by atoms with van der Waals surface area (Å²) in [6.45, 7) is 7.68. The Morgan fingerprint density at radius 3 is 2.48 bits per heavy atom. The lowest BCUT2D eigenvalue weighted by molar-refractivity contribution is -0.339. The monoisotopic (exact) mass is 404 g/mol. The number of fused-ring (bicyclic) bond motifs is 5. The molecule has 162 valence electrons. The lowest BCUT2D eigenvalue weighted by Crippen LogP contribution is -2.65. The smallest absolute Gasteiger partial charge is 0.171 e. The Labute approximate surface area is 173 Å². The fourth-order valence-corrected chi connectivity index (χ4v) is 7.41. The second kappa shape index (κ2) is 6.15. The summed E-state index contributed by atoms with van der Waals surface area (Å²) in [5.41, 5.74) is -0.934. The lowest BCUT2D eigenvalue weighted by atomic mass is 9.47. The number of hydrogen-bond donors (Lipinski definition) is 2. The summed E-state index contributed by atoms with van der Waals surface area (Å²) in [5, 5.41) is 22.5. The van der Waals surface area contributed by atoms with E-state index in [0.717, 1.165) is 37.5 Å². The molecule has 6 atom stereocenters. The molecule has 1 spiro atoms. The molecule has 4 fully saturated rings. The van der Waals surface area contributed by atoms with Crippen molar-refractivity contribution in [2.24, 2.45) is 28.1 Å². The second-order valence-electron chi connectivity index (χ2n) is 11.7. The third-order valence-electron chi connectivity index (χ3n) is 9.34. The lowest BCUT2D eigenvalue weighted by Gasteiger charge is -2.61. The molecule has 1 aliphatic heterocycles. The standard InChI is InChI=1S/C24H36O5/c1-20(2)14-28-24(29-15-20)11-10-22(13-25)18-7-8-21(3)17(4-5-19(21)26)16(18)6-9-23(22,27)12-24/h7,13,16-17,19,26-27H,4-6,8-12,14-15H2,1-3H3/t16-,17-,19-,21+,22-,23+/m0/s1. The van der Waals surface area contributed by atoms with Crippen LogP contribution in [0, 0.1) is 28.1 Å². The van der Waals surface area contributed by atoms with E-state index in [2.05, 4.69) is 26.8 Å². The topological polar surface area (TPSA) is 76.0 Å². The highest BCUT2D eigenvalue weighted by atomic mass is 16.7. The van der Waals surface area contributed by atoms with Crippen molar-refractivity contribution in [3.05, 3.63) is 11.6 Å². The van der Waals surface area contributed by atoms with Gasteiger partial charge in [-0.25, -0.2) is 0 Å². The van der Waals surface area contributed by atoms with E-state index < -0.39 is 16.8 Å². The second-order valence-corrected chi connectivity index (χ2v) is 11.7. The minimum atomic E-state index is -1.12. The Morgan fingerprint density at radius 1 is 1.07 bits per heavy atom. The van der Waals surface area contributed by atoms with Crippen LogP contribution in [0.25, 0.3) is 0 Å². The number of ether oxygens (including phenoxy) is 2. The van der Waals surface area contributed by atoms with Gasteiger partial charge in [0.2, 0.25) is 0 Å². The fraction of sp³-hybridized carbons (Fsp3) is 0.875. The van der Waals surface area contributed by atoms with Gasteiger partial charge in [-0.05, 0) is 50.4 Å². The van der Waals surface area contributed by atoms with Gasteiger partial charge in [-0.2, -0.15) is 0 Å². The van der Waals surface area contributed by atoms with Crippen molar-refractivity contribution >= 4 is 6.29 Å². The van der Waals surface area contributed by atoms with Crippen LogP contribution in [0.2, 0.25) is 0 Å². The average Bonchev–Trinajstić information content (AvgIpc) is 2.99. The molecule has 4 aliphatic carbocycles. The summed E-state index contributed by atoms with van der Waals surface area (Å²) in [6.07, 6.45) is 8.67. The van der Waals surface area contributed by atoms with Crippen LogP contribution >= 0.6 is 0 Å². The Hall–Kier alpha value is -0.750. The summed E-state index contributed by atoms with van der Waals surface area (Å²) in [5.74, 6) is -0.0769. The van der Waals surface area contributed by atoms with Crippen molar-refractivity contribution in [3.8, 4) is 0 Å². The highest BCUT2D eigenvalue weighted by Gasteiger charge is 2.67. The van der Waals surface area contributed by atoms with Crippen LogP contribution in [0.1, 0.15) is 72.1 Å². The number of carbonyl (C=O) groups is 1. The predicted molar refractivity (Wildman–Crippen MR) is 108 cm³/mol. The van der Waals surface area contributed by atoms with Gasteiger partial charge < -0.3 is 24.5 Å². The molecule has 5 aliphatic rings. The third-order valence-corrected chi connectivity index (χ3v) is 9.34. The molecule has 2 N–H and O–H groups in total. The number of aliphatic hydroxyl groups excluding tert-OH is 1. The van der Waals surface area contributed by atoms with E-state index in [1.54, 1.807) is 0 Å². The first kappa shape index (κ1) is 20.2. The van der Waals surface area contributed by atoms with Gasteiger partial charge in [0, 0.05) is 23.7 Å². The van der Waals surface area contributed by atoms with Crippen LogP contribution in [0.4, 0.5) is 0 Å². The first-order chi connectivity index (χ1) is 13.6. The van der Waals surface area contributed by atoms with E-state index in [0.29, 0.717) is 44.8 Å². The van der Waals surface area contributed by atoms with E-state index in [1.165, 1.54) is 0 Å². The molecule has 5 heteroatoms. The first-order valence-corrected chi connectivity index (χ1v) is 11.4. The molecule has 0 amide bonds. The average molecular weight is 405 g/mol. The van der Waals surface area contributed by atoms with Crippen molar-refractivity contribution in [2.45, 2.75) is 89.6 Å². The van der Waals surface area contributed by atoms with Gasteiger partial charge in [0.1, 0.15) is 6.29 Å². The van der Waals surface area contributed by atoms with Crippen LogP contribution < -0.4 is 0 Å². The molecule has 5 nitrogen and oxygen atoms in total. The third kappa shape index (κ3) is 2.63. The van der Waals surface area contributed by atoms with E-state index in [1.807, 2.05) is 0 Å². The van der Waals surface area contributed by atoms with E-state index in [4.69, 9.17) is 9.47 Å². The van der Waals surface area contributed by atoms with Gasteiger partial charge in [0.15, 0.2) is 5.79 Å². The van der Waals surface area contributed by atoms with Crippen molar-refractivity contribution in [3.63, 3.8) is 0 Å². The van der Waals surface area contributed by atoms with Crippen LogP contribution in [-0.2, 0) is 14.3 Å². The van der Waals surface area contributed by atoms with Gasteiger partial charge in [-0.1, -0.05) is 32.4 Å². The number of aldehydes is 1. The maximum absolute atomic E-state index is 12.7. The molecule has 1 saturated heterocycles. The highest BCUT2D eigenvalue weighted by Crippen LogP contribution is 2.66. The van der Waals surface area contributed by atoms with Crippen molar-refractivity contribution < 1.29 is 24.5 Å². The molecular weight excluding hydrogens is 368 g/mol. The zero-order valence-corrected chi connectivity index (χ0v) is 18.1. The summed E-state index contributed by atoms with van der Waals surface area (Å²) in [4.78, 5) is 12.7. The Bertz CT molecular complexity index is 734. The maximum Gasteiger partial charge on any atom is 0.171 e. The molecular formula is C24H36O5. The van der Waals surface area contributed by atoms with Gasteiger partial charge >= 0.3 is 0 Å². The van der Waals surface area contributed by atoms with E-state index in [-0.39, 0.29) is 22.9 Å². The zero-order valence-electron chi connectivity index (χ0n) is 18.1. The van der Waals surface area contributed by atoms with Crippen LogP contribution in [0.5, 0.6) is 0 Å². The summed E-state index contributed by atoms with van der Waals surface area (Å²) in [6, 6.07) is 0. The number of rotatable bonds is 1. The molecule has 0 aromatic carbocycles. The highest BCUT2D eigenvalue weighted by molar-refractivity contribution is 5.70. The van der Waals surface area contributed by atoms with E-state index in [9.17, 15) is 15.0 Å². The SMILES string of the molecule is CC1(C)COC2(CC[C@]3(C=O)C4=CC[C@@]5(C)[C@@H](O)CC[C@H]5[C@@H]4CC[C@@]3(O)C2)OC1. The molecule has 3 saturated carbocycles. The summed E-state index contributed by atoms with van der Waals surface area (Å²) >= 11 is 0. The van der Waals surface area contributed by atoms with Crippen LogP contribution in [-0.4, -0.2) is 47.2 Å². The number of hydrogen-bond acceptors (Lipinski definition) is 5. The Balaban J connectivity index is 1.48. The molecule has 29 heavy (non-hydrogen) atoms. The Kier molecular flexibility index (Phi) is 4.28. The summed E-state index contributed by atoms with van der Waals surface area (Å²) < 4.78 is 12.4. The van der Waals surface area contributed by atoms with E-state index >= 15 is 0 Å². The van der Waals surface area contributed by atoms with Crippen molar-refractivity contribution in [1.82, 2.24) is 0 Å². The molecule has 0 aromatic heterocycles. The molecule has 0 unspecified atom stereocenters. The number of allylic oxidation sites excluding steroid dienone is 1. The van der Waals surface area contributed by atoms with Gasteiger partial charge in [-0.15, -0.1) is 0 Å². The largest absolute Gasteiger partial charge is 0.393 e. The summed E-state index contributed by atoms with van der Waals surface area (Å²) in [7, 11) is 0. The van der Waals surface area contributed by atoms with Crippen LogP contribution in [0.3, 0.4) is 0 Å². The Morgan fingerprint density at radius 2 is 1.79 bits per heavy atom. The minimum Gasteiger partial charge on any atom is -0.393 e. The number of carbonyl (C=O) groups excluding carboxylic acids is 1. The first-order valence-electron chi connectivity index (χ1n) is 11.4. The fourth-order valence-electron chi connectivity index (χ4n) is 7.41. The quantitative estimate of drug-likeness (QED) is 0.518. The number of aliphatic hydroxyl groups is 2. The molecule has 0 bridgehead atoms. The zero-order chi connectivity index (χ0) is 20.7. The van der Waals surface area contributed by atoms with Crippen molar-refractivity contribution in [1.29, 1.82) is 0 Å². The minimum absolute atomic E-state index is 0.0234. The van der Waals surface area contributed by atoms with Crippen molar-refractivity contribution in [2.75, 3.05) is 13.2 Å².